The standard InChI is InChI=1S/C22H21NO5/c1-4-15-9-11-16(12-10-15)19(24)14(3)28-22(27)13(2)23-20(25)17-7-5-6-8-18(17)21(23)26/h5-14H,4H2,1-3H3/t13-,14-/m0/s1. The van der Waals surface area contributed by atoms with Gasteiger partial charge in [-0.15, -0.1) is 0 Å². The second-order valence-corrected chi connectivity index (χ2v) is 6.70. The molecule has 6 nitrogen and oxygen atoms in total. The fourth-order valence-electron chi connectivity index (χ4n) is 3.13. The number of hydrogen-bond acceptors (Lipinski definition) is 5. The Labute approximate surface area is 163 Å². The van der Waals surface area contributed by atoms with Crippen LogP contribution in [-0.2, 0) is 16.0 Å². The Morgan fingerprint density at radius 1 is 0.929 bits per heavy atom. The van der Waals surface area contributed by atoms with E-state index in [2.05, 4.69) is 0 Å². The highest BCUT2D eigenvalue weighted by atomic mass is 16.5. The van der Waals surface area contributed by atoms with Gasteiger partial charge in [0.1, 0.15) is 6.04 Å². The van der Waals surface area contributed by atoms with Crippen LogP contribution in [0.15, 0.2) is 48.5 Å². The van der Waals surface area contributed by atoms with E-state index in [0.717, 1.165) is 16.9 Å². The number of ketones is 1. The molecule has 2 atom stereocenters. The maximum absolute atomic E-state index is 12.5. The topological polar surface area (TPSA) is 80.8 Å². The maximum Gasteiger partial charge on any atom is 0.329 e. The summed E-state index contributed by atoms with van der Waals surface area (Å²) in [7, 11) is 0. The van der Waals surface area contributed by atoms with E-state index in [1.165, 1.54) is 13.8 Å². The van der Waals surface area contributed by atoms with Crippen LogP contribution in [0.4, 0.5) is 0 Å². The van der Waals surface area contributed by atoms with Crippen molar-refractivity contribution >= 4 is 23.6 Å². The van der Waals surface area contributed by atoms with Gasteiger partial charge in [-0.3, -0.25) is 19.3 Å². The van der Waals surface area contributed by atoms with E-state index in [1.54, 1.807) is 36.4 Å². The highest BCUT2D eigenvalue weighted by Crippen LogP contribution is 2.25. The Morgan fingerprint density at radius 3 is 1.96 bits per heavy atom. The van der Waals surface area contributed by atoms with Crippen molar-refractivity contribution in [2.24, 2.45) is 0 Å². The van der Waals surface area contributed by atoms with Gasteiger partial charge < -0.3 is 4.74 Å². The van der Waals surface area contributed by atoms with Crippen LogP contribution in [0.3, 0.4) is 0 Å². The molecule has 2 aromatic rings. The van der Waals surface area contributed by atoms with Gasteiger partial charge in [-0.1, -0.05) is 43.3 Å². The Bertz CT molecular complexity index is 913. The zero-order valence-corrected chi connectivity index (χ0v) is 16.0. The van der Waals surface area contributed by atoms with E-state index >= 15 is 0 Å². The van der Waals surface area contributed by atoms with Gasteiger partial charge in [-0.25, -0.2) is 4.79 Å². The summed E-state index contributed by atoms with van der Waals surface area (Å²) >= 11 is 0. The van der Waals surface area contributed by atoms with Gasteiger partial charge in [0.25, 0.3) is 11.8 Å². The molecule has 0 aliphatic carbocycles. The van der Waals surface area contributed by atoms with Crippen molar-refractivity contribution in [1.82, 2.24) is 4.90 Å². The van der Waals surface area contributed by atoms with E-state index in [-0.39, 0.29) is 16.9 Å². The Balaban J connectivity index is 1.69. The van der Waals surface area contributed by atoms with E-state index in [0.29, 0.717) is 5.56 Å². The number of imide groups is 1. The molecule has 0 spiro atoms. The predicted octanol–water partition coefficient (Wildman–Crippen LogP) is 3.05. The summed E-state index contributed by atoms with van der Waals surface area (Å²) in [5, 5.41) is 0. The van der Waals surface area contributed by atoms with Gasteiger partial charge in [0.05, 0.1) is 11.1 Å². The molecule has 0 aromatic heterocycles. The molecule has 144 valence electrons. The lowest BCUT2D eigenvalue weighted by atomic mass is 10.0. The Hall–Kier alpha value is -3.28. The summed E-state index contributed by atoms with van der Waals surface area (Å²) < 4.78 is 5.26. The number of benzene rings is 2. The number of fused-ring (bicyclic) bond motifs is 1. The number of carbonyl (C=O) groups is 4. The van der Waals surface area contributed by atoms with Crippen LogP contribution >= 0.6 is 0 Å². The third kappa shape index (κ3) is 3.45. The molecule has 2 amide bonds. The molecule has 0 fully saturated rings. The number of ether oxygens (including phenoxy) is 1. The third-order valence-corrected chi connectivity index (χ3v) is 4.86. The molecular weight excluding hydrogens is 358 g/mol. The number of carbonyl (C=O) groups excluding carboxylic acids is 4. The Kier molecular flexibility index (Phi) is 5.40. The largest absolute Gasteiger partial charge is 0.453 e. The number of Topliss-reactive ketones (excluding diaryl/α,β-unsaturated/α-hetero) is 1. The average molecular weight is 379 g/mol. The normalized spacial score (nSPS) is 15.2. The van der Waals surface area contributed by atoms with Gasteiger partial charge in [-0.2, -0.15) is 0 Å². The van der Waals surface area contributed by atoms with Crippen LogP contribution in [0.5, 0.6) is 0 Å². The van der Waals surface area contributed by atoms with Crippen LogP contribution < -0.4 is 0 Å². The zero-order chi connectivity index (χ0) is 20.4. The first kappa shape index (κ1) is 19.5. The van der Waals surface area contributed by atoms with Crippen molar-refractivity contribution in [3.8, 4) is 0 Å². The first-order chi connectivity index (χ1) is 13.3. The highest BCUT2D eigenvalue weighted by Gasteiger charge is 2.41. The smallest absolute Gasteiger partial charge is 0.329 e. The van der Waals surface area contributed by atoms with Crippen molar-refractivity contribution in [2.75, 3.05) is 0 Å². The molecule has 1 aliphatic rings. The summed E-state index contributed by atoms with van der Waals surface area (Å²) in [5.41, 5.74) is 2.05. The van der Waals surface area contributed by atoms with E-state index in [4.69, 9.17) is 4.74 Å². The fourth-order valence-corrected chi connectivity index (χ4v) is 3.13. The lowest BCUT2D eigenvalue weighted by Crippen LogP contribution is -2.45. The summed E-state index contributed by atoms with van der Waals surface area (Å²) in [6, 6.07) is 12.3. The zero-order valence-electron chi connectivity index (χ0n) is 16.0. The molecule has 0 radical (unpaired) electrons. The number of hydrogen-bond donors (Lipinski definition) is 0. The SMILES string of the molecule is CCc1ccc(C(=O)[C@H](C)OC(=O)[C@H](C)N2C(=O)c3ccccc3C2=O)cc1. The molecular formula is C22H21NO5. The molecule has 6 heteroatoms. The highest BCUT2D eigenvalue weighted by molar-refractivity contribution is 6.22. The van der Waals surface area contributed by atoms with E-state index < -0.39 is 29.9 Å². The van der Waals surface area contributed by atoms with Crippen LogP contribution in [-0.4, -0.2) is 40.6 Å². The van der Waals surface area contributed by atoms with Crippen molar-refractivity contribution in [1.29, 1.82) is 0 Å². The molecule has 2 aromatic carbocycles. The van der Waals surface area contributed by atoms with Gasteiger partial charge in [-0.05, 0) is 38.0 Å². The molecule has 1 aliphatic heterocycles. The lowest BCUT2D eigenvalue weighted by Gasteiger charge is -2.22. The second-order valence-electron chi connectivity index (χ2n) is 6.70. The molecule has 0 N–H and O–H groups in total. The van der Waals surface area contributed by atoms with Crippen LogP contribution in [0.25, 0.3) is 0 Å². The van der Waals surface area contributed by atoms with Crippen molar-refractivity contribution in [2.45, 2.75) is 39.3 Å². The first-order valence-electron chi connectivity index (χ1n) is 9.15. The third-order valence-electron chi connectivity index (χ3n) is 4.86. The number of nitrogens with zero attached hydrogens (tertiary/aromatic N) is 1. The molecule has 0 unspecified atom stereocenters. The quantitative estimate of drug-likeness (QED) is 0.438. The minimum Gasteiger partial charge on any atom is -0.453 e. The van der Waals surface area contributed by atoms with Crippen LogP contribution in [0.2, 0.25) is 0 Å². The number of aryl methyl sites for hydroxylation is 1. The molecule has 3 rings (SSSR count). The second kappa shape index (κ2) is 7.76. The number of esters is 1. The number of rotatable bonds is 6. The molecule has 0 bridgehead atoms. The molecule has 1 heterocycles. The predicted molar refractivity (Wildman–Crippen MR) is 102 cm³/mol. The van der Waals surface area contributed by atoms with Crippen molar-refractivity contribution < 1.29 is 23.9 Å². The fraction of sp³-hybridized carbons (Fsp3) is 0.273. The summed E-state index contributed by atoms with van der Waals surface area (Å²) in [6.07, 6.45) is -0.172. The molecule has 0 saturated carbocycles. The minimum atomic E-state index is -1.13. The van der Waals surface area contributed by atoms with Gasteiger partial charge in [0.15, 0.2) is 6.10 Å². The monoisotopic (exact) mass is 379 g/mol. The summed E-state index contributed by atoms with van der Waals surface area (Å²) in [4.78, 5) is 50.8. The van der Waals surface area contributed by atoms with Crippen LogP contribution in [0.1, 0.15) is 57.4 Å². The minimum absolute atomic E-state index is 0.257. The number of amides is 2. The molecule has 28 heavy (non-hydrogen) atoms. The van der Waals surface area contributed by atoms with Gasteiger partial charge in [0, 0.05) is 5.56 Å². The molecule has 0 saturated heterocycles. The average Bonchev–Trinajstić information content (AvgIpc) is 2.97. The van der Waals surface area contributed by atoms with Crippen molar-refractivity contribution in [3.05, 3.63) is 70.8 Å². The van der Waals surface area contributed by atoms with E-state index in [1.807, 2.05) is 19.1 Å². The van der Waals surface area contributed by atoms with Gasteiger partial charge in [0.2, 0.25) is 5.78 Å². The Morgan fingerprint density at radius 2 is 1.46 bits per heavy atom. The van der Waals surface area contributed by atoms with E-state index in [9.17, 15) is 19.2 Å². The lowest BCUT2D eigenvalue weighted by molar-refractivity contribution is -0.150. The first-order valence-corrected chi connectivity index (χ1v) is 9.15. The summed E-state index contributed by atoms with van der Waals surface area (Å²) in [6.45, 7) is 4.90. The van der Waals surface area contributed by atoms with Gasteiger partial charge >= 0.3 is 5.97 Å². The van der Waals surface area contributed by atoms with Crippen molar-refractivity contribution in [3.63, 3.8) is 0 Å². The van der Waals surface area contributed by atoms with Crippen LogP contribution in [0, 0.1) is 0 Å². The summed E-state index contributed by atoms with van der Waals surface area (Å²) in [5.74, 6) is -2.23. The maximum atomic E-state index is 12.5.